The molecule has 18 heavy (non-hydrogen) atoms. The second kappa shape index (κ2) is 5.76. The van der Waals surface area contributed by atoms with Crippen LogP contribution in [0.1, 0.15) is 43.0 Å². The van der Waals surface area contributed by atoms with Gasteiger partial charge < -0.3 is 15.2 Å². The molecule has 98 valence electrons. The molecule has 1 aromatic carbocycles. The predicted molar refractivity (Wildman–Crippen MR) is 69.7 cm³/mol. The molecule has 1 aliphatic carbocycles. The summed E-state index contributed by atoms with van der Waals surface area (Å²) in [5, 5.41) is 0. The van der Waals surface area contributed by atoms with Crippen LogP contribution in [0.4, 0.5) is 5.69 Å². The second-order valence-corrected chi connectivity index (χ2v) is 4.50. The summed E-state index contributed by atoms with van der Waals surface area (Å²) in [4.78, 5) is 11.9. The van der Waals surface area contributed by atoms with Gasteiger partial charge in [-0.3, -0.25) is 0 Å². The Kier molecular flexibility index (Phi) is 4.07. The van der Waals surface area contributed by atoms with Gasteiger partial charge in [0.25, 0.3) is 0 Å². The zero-order chi connectivity index (χ0) is 13.0. The van der Waals surface area contributed by atoms with Gasteiger partial charge in [0.15, 0.2) is 0 Å². The highest BCUT2D eigenvalue weighted by atomic mass is 16.5. The average molecular weight is 249 g/mol. The number of nitrogens with two attached hydrogens (primary N) is 1. The van der Waals surface area contributed by atoms with Gasteiger partial charge in [-0.05, 0) is 50.8 Å². The number of hydrogen-bond donors (Lipinski definition) is 1. The summed E-state index contributed by atoms with van der Waals surface area (Å²) in [6.45, 7) is 2.44. The van der Waals surface area contributed by atoms with E-state index in [4.69, 9.17) is 15.2 Å². The highest BCUT2D eigenvalue weighted by molar-refractivity contribution is 5.91. The molecule has 0 aromatic heterocycles. The van der Waals surface area contributed by atoms with E-state index in [1.807, 2.05) is 6.92 Å². The third kappa shape index (κ3) is 2.94. The van der Waals surface area contributed by atoms with Gasteiger partial charge in [-0.1, -0.05) is 0 Å². The Balaban J connectivity index is 2.03. The molecule has 4 heteroatoms. The lowest BCUT2D eigenvalue weighted by molar-refractivity contribution is 0.0318. The van der Waals surface area contributed by atoms with Crippen molar-refractivity contribution < 1.29 is 14.3 Å². The Morgan fingerprint density at radius 3 is 2.72 bits per heavy atom. The van der Waals surface area contributed by atoms with Crippen LogP contribution in [0.3, 0.4) is 0 Å². The zero-order valence-corrected chi connectivity index (χ0v) is 10.6. The van der Waals surface area contributed by atoms with Crippen molar-refractivity contribution in [1.82, 2.24) is 0 Å². The fourth-order valence-electron chi connectivity index (χ4n) is 2.19. The molecule has 1 aromatic rings. The first-order valence-electron chi connectivity index (χ1n) is 6.44. The molecule has 2 N–H and O–H groups in total. The molecule has 0 spiro atoms. The molecule has 4 nitrogen and oxygen atoms in total. The van der Waals surface area contributed by atoms with Crippen molar-refractivity contribution in [1.29, 1.82) is 0 Å². The monoisotopic (exact) mass is 249 g/mol. The SMILES string of the molecule is CCOc1ccc(C(=O)OC2CCCC2)cc1N. The lowest BCUT2D eigenvalue weighted by atomic mass is 10.2. The van der Waals surface area contributed by atoms with Gasteiger partial charge in [-0.25, -0.2) is 4.79 Å². The number of carbonyl (C=O) groups excluding carboxylic acids is 1. The van der Waals surface area contributed by atoms with E-state index >= 15 is 0 Å². The quantitative estimate of drug-likeness (QED) is 0.658. The molecule has 1 saturated carbocycles. The van der Waals surface area contributed by atoms with Crippen molar-refractivity contribution in [3.63, 3.8) is 0 Å². The molecule has 0 aliphatic heterocycles. The van der Waals surface area contributed by atoms with E-state index in [-0.39, 0.29) is 12.1 Å². The highest BCUT2D eigenvalue weighted by Gasteiger charge is 2.20. The minimum atomic E-state index is -0.295. The van der Waals surface area contributed by atoms with Crippen LogP contribution in [0, 0.1) is 0 Å². The molecule has 1 aliphatic rings. The van der Waals surface area contributed by atoms with Crippen LogP contribution < -0.4 is 10.5 Å². The maximum Gasteiger partial charge on any atom is 0.338 e. The molecule has 0 radical (unpaired) electrons. The van der Waals surface area contributed by atoms with Crippen LogP contribution in [-0.4, -0.2) is 18.7 Å². The summed E-state index contributed by atoms with van der Waals surface area (Å²) in [5.41, 5.74) is 6.78. The number of esters is 1. The number of benzene rings is 1. The maximum atomic E-state index is 11.9. The summed E-state index contributed by atoms with van der Waals surface area (Å²) in [7, 11) is 0. The lowest BCUT2D eigenvalue weighted by Gasteiger charge is -2.12. The van der Waals surface area contributed by atoms with Gasteiger partial charge in [-0.2, -0.15) is 0 Å². The van der Waals surface area contributed by atoms with Crippen LogP contribution >= 0.6 is 0 Å². The summed E-state index contributed by atoms with van der Waals surface area (Å²) < 4.78 is 10.7. The lowest BCUT2D eigenvalue weighted by Crippen LogP contribution is -2.15. The van der Waals surface area contributed by atoms with Crippen molar-refractivity contribution in [3.8, 4) is 5.75 Å². The number of anilines is 1. The third-order valence-electron chi connectivity index (χ3n) is 3.12. The topological polar surface area (TPSA) is 61.5 Å². The molecule has 0 bridgehead atoms. The molecular weight excluding hydrogens is 230 g/mol. The number of ether oxygens (including phenoxy) is 2. The van der Waals surface area contributed by atoms with Crippen molar-refractivity contribution in [3.05, 3.63) is 23.8 Å². The summed E-state index contributed by atoms with van der Waals surface area (Å²) in [6, 6.07) is 5.02. The average Bonchev–Trinajstić information content (AvgIpc) is 2.84. The molecule has 2 rings (SSSR count). The Bertz CT molecular complexity index is 425. The smallest absolute Gasteiger partial charge is 0.338 e. The highest BCUT2D eigenvalue weighted by Crippen LogP contribution is 2.25. The van der Waals surface area contributed by atoms with E-state index in [0.717, 1.165) is 25.7 Å². The van der Waals surface area contributed by atoms with E-state index in [9.17, 15) is 4.79 Å². The van der Waals surface area contributed by atoms with Crippen LogP contribution in [0.5, 0.6) is 5.75 Å². The van der Waals surface area contributed by atoms with Gasteiger partial charge in [0, 0.05) is 0 Å². The Labute approximate surface area is 107 Å². The zero-order valence-electron chi connectivity index (χ0n) is 10.6. The largest absolute Gasteiger partial charge is 0.492 e. The van der Waals surface area contributed by atoms with Crippen molar-refractivity contribution >= 4 is 11.7 Å². The van der Waals surface area contributed by atoms with Crippen LogP contribution in [0.2, 0.25) is 0 Å². The molecule has 0 saturated heterocycles. The number of rotatable bonds is 4. The molecule has 0 heterocycles. The number of nitrogen functional groups attached to an aromatic ring is 1. The predicted octanol–water partition coefficient (Wildman–Crippen LogP) is 2.77. The molecule has 0 amide bonds. The van der Waals surface area contributed by atoms with Crippen LogP contribution in [-0.2, 0) is 4.74 Å². The summed E-state index contributed by atoms with van der Waals surface area (Å²) in [5.74, 6) is 0.312. The van der Waals surface area contributed by atoms with Gasteiger partial charge in [0.1, 0.15) is 11.9 Å². The van der Waals surface area contributed by atoms with Gasteiger partial charge in [-0.15, -0.1) is 0 Å². The van der Waals surface area contributed by atoms with E-state index < -0.39 is 0 Å². The molecule has 0 unspecified atom stereocenters. The van der Waals surface area contributed by atoms with E-state index in [0.29, 0.717) is 23.6 Å². The standard InChI is InChI=1S/C14H19NO3/c1-2-17-13-8-7-10(9-12(13)15)14(16)18-11-5-3-4-6-11/h7-9,11H,2-6,15H2,1H3. The van der Waals surface area contributed by atoms with Crippen molar-refractivity contribution in [2.75, 3.05) is 12.3 Å². The Morgan fingerprint density at radius 1 is 1.39 bits per heavy atom. The van der Waals surface area contributed by atoms with Gasteiger partial charge >= 0.3 is 5.97 Å². The number of carbonyl (C=O) groups is 1. The molecule has 1 fully saturated rings. The minimum Gasteiger partial charge on any atom is -0.492 e. The summed E-state index contributed by atoms with van der Waals surface area (Å²) in [6.07, 6.45) is 4.30. The summed E-state index contributed by atoms with van der Waals surface area (Å²) >= 11 is 0. The third-order valence-corrected chi connectivity index (χ3v) is 3.12. The van der Waals surface area contributed by atoms with Gasteiger partial charge in [0.05, 0.1) is 17.9 Å². The van der Waals surface area contributed by atoms with E-state index in [2.05, 4.69) is 0 Å². The second-order valence-electron chi connectivity index (χ2n) is 4.50. The normalized spacial score (nSPS) is 15.6. The fourth-order valence-corrected chi connectivity index (χ4v) is 2.19. The van der Waals surface area contributed by atoms with Gasteiger partial charge in [0.2, 0.25) is 0 Å². The minimum absolute atomic E-state index is 0.0743. The van der Waals surface area contributed by atoms with E-state index in [1.165, 1.54) is 0 Å². The number of hydrogen-bond acceptors (Lipinski definition) is 4. The Hall–Kier alpha value is -1.71. The van der Waals surface area contributed by atoms with Crippen molar-refractivity contribution in [2.24, 2.45) is 0 Å². The first kappa shape index (κ1) is 12.7. The van der Waals surface area contributed by atoms with Crippen LogP contribution in [0.25, 0.3) is 0 Å². The first-order chi connectivity index (χ1) is 8.70. The molecular formula is C14H19NO3. The Morgan fingerprint density at radius 2 is 2.11 bits per heavy atom. The first-order valence-corrected chi connectivity index (χ1v) is 6.44. The van der Waals surface area contributed by atoms with Crippen LogP contribution in [0.15, 0.2) is 18.2 Å². The molecule has 0 atom stereocenters. The van der Waals surface area contributed by atoms with E-state index in [1.54, 1.807) is 18.2 Å². The maximum absolute atomic E-state index is 11.9. The fraction of sp³-hybridized carbons (Fsp3) is 0.500. The van der Waals surface area contributed by atoms with Crippen molar-refractivity contribution in [2.45, 2.75) is 38.7 Å².